The fourth-order valence-electron chi connectivity index (χ4n) is 1.06. The average Bonchev–Trinajstić information content (AvgIpc) is 2.10. The first-order valence-corrected chi connectivity index (χ1v) is 6.69. The summed E-state index contributed by atoms with van der Waals surface area (Å²) in [5, 5.41) is 0. The number of rotatable bonds is 8. The third-order valence-electron chi connectivity index (χ3n) is 1.83. The van der Waals surface area contributed by atoms with E-state index in [9.17, 15) is 0 Å². The summed E-state index contributed by atoms with van der Waals surface area (Å²) in [4.78, 5) is 0. The van der Waals surface area contributed by atoms with Crippen molar-refractivity contribution in [1.29, 1.82) is 0 Å². The summed E-state index contributed by atoms with van der Waals surface area (Å²) in [6.45, 7) is 4.47. The van der Waals surface area contributed by atoms with Gasteiger partial charge in [0.15, 0.2) is 0 Å². The predicted molar refractivity (Wildman–Crippen MR) is 61.6 cm³/mol. The fourth-order valence-corrected chi connectivity index (χ4v) is 2.36. The molecule has 0 bridgehead atoms. The lowest BCUT2D eigenvalue weighted by atomic mass is 10.3. The highest BCUT2D eigenvalue weighted by Gasteiger charge is 1.86. The zero-order chi connectivity index (χ0) is 9.07. The van der Waals surface area contributed by atoms with Gasteiger partial charge in [-0.15, -0.1) is 8.58 Å². The molecule has 72 valence electrons. The molecule has 0 aromatic carbocycles. The number of unbranched alkanes of at least 4 members (excludes halogenated alkanes) is 2. The Balaban J connectivity index is 2.86. The maximum Gasteiger partial charge on any atom is -0.0347 e. The zero-order valence-electron chi connectivity index (χ0n) is 8.60. The van der Waals surface area contributed by atoms with E-state index in [1.165, 1.54) is 53.0 Å². The van der Waals surface area contributed by atoms with Gasteiger partial charge in [0.05, 0.1) is 0 Å². The van der Waals surface area contributed by atoms with Crippen molar-refractivity contribution in [3.8, 4) is 0 Å². The van der Waals surface area contributed by atoms with Gasteiger partial charge in [0.2, 0.25) is 0 Å². The van der Waals surface area contributed by atoms with Gasteiger partial charge < -0.3 is 0 Å². The second kappa shape index (κ2) is 11.2. The first-order chi connectivity index (χ1) is 5.91. The Labute approximate surface area is 79.6 Å². The molecule has 0 fully saturated rings. The maximum absolute atomic E-state index is 2.32. The molecule has 12 heavy (non-hydrogen) atoms. The standard InChI is InChI=1S/C11H23P/c1-3-5-7-8-9-11-12-10-6-4-2/h5,7,12H,3-4,6,8-11H2,1-2H3. The van der Waals surface area contributed by atoms with Crippen LogP contribution in [-0.2, 0) is 0 Å². The monoisotopic (exact) mass is 186 g/mol. The summed E-state index contributed by atoms with van der Waals surface area (Å²) < 4.78 is 0. The summed E-state index contributed by atoms with van der Waals surface area (Å²) in [5.74, 6) is 0. The fraction of sp³-hybridized carbons (Fsp3) is 0.818. The van der Waals surface area contributed by atoms with E-state index in [0.29, 0.717) is 0 Å². The van der Waals surface area contributed by atoms with Crippen LogP contribution in [0.3, 0.4) is 0 Å². The molecular formula is C11H23P. The van der Waals surface area contributed by atoms with Gasteiger partial charge in [-0.2, -0.15) is 0 Å². The minimum atomic E-state index is 1.19. The Morgan fingerprint density at radius 1 is 1.00 bits per heavy atom. The number of allylic oxidation sites excluding steroid dienone is 2. The molecule has 0 aliphatic carbocycles. The lowest BCUT2D eigenvalue weighted by Gasteiger charge is -1.97. The van der Waals surface area contributed by atoms with E-state index in [-0.39, 0.29) is 0 Å². The van der Waals surface area contributed by atoms with Gasteiger partial charge in [-0.1, -0.05) is 32.4 Å². The van der Waals surface area contributed by atoms with Crippen molar-refractivity contribution in [3.63, 3.8) is 0 Å². The van der Waals surface area contributed by atoms with Crippen LogP contribution < -0.4 is 0 Å². The van der Waals surface area contributed by atoms with Crippen molar-refractivity contribution in [2.75, 3.05) is 12.3 Å². The maximum atomic E-state index is 2.32. The molecule has 1 atom stereocenters. The van der Waals surface area contributed by atoms with Crippen LogP contribution in [0.25, 0.3) is 0 Å². The molecule has 0 nitrogen and oxygen atoms in total. The smallest absolute Gasteiger partial charge is 0.0347 e. The second-order valence-corrected chi connectivity index (χ2v) is 4.63. The van der Waals surface area contributed by atoms with Gasteiger partial charge in [0.25, 0.3) is 0 Å². The summed E-state index contributed by atoms with van der Waals surface area (Å²) in [7, 11) is 1.22. The van der Waals surface area contributed by atoms with E-state index in [0.717, 1.165) is 0 Å². The highest BCUT2D eigenvalue weighted by Crippen LogP contribution is 2.14. The quantitative estimate of drug-likeness (QED) is 0.302. The van der Waals surface area contributed by atoms with Crippen molar-refractivity contribution in [1.82, 2.24) is 0 Å². The SMILES string of the molecule is CCC=CCCCPCCCC. The van der Waals surface area contributed by atoms with Crippen molar-refractivity contribution in [3.05, 3.63) is 12.2 Å². The van der Waals surface area contributed by atoms with Gasteiger partial charge in [-0.05, 0) is 38.0 Å². The zero-order valence-corrected chi connectivity index (χ0v) is 9.60. The van der Waals surface area contributed by atoms with E-state index in [4.69, 9.17) is 0 Å². The molecule has 0 heterocycles. The van der Waals surface area contributed by atoms with E-state index >= 15 is 0 Å². The first-order valence-electron chi connectivity index (χ1n) is 5.27. The minimum Gasteiger partial charge on any atom is -0.122 e. The molecule has 0 aromatic heterocycles. The van der Waals surface area contributed by atoms with Crippen molar-refractivity contribution >= 4 is 8.58 Å². The number of hydrogen-bond acceptors (Lipinski definition) is 0. The van der Waals surface area contributed by atoms with Crippen molar-refractivity contribution in [2.45, 2.75) is 46.0 Å². The normalized spacial score (nSPS) is 12.2. The first kappa shape index (κ1) is 12.2. The van der Waals surface area contributed by atoms with E-state index < -0.39 is 0 Å². The molecule has 0 amide bonds. The van der Waals surface area contributed by atoms with Crippen molar-refractivity contribution in [2.24, 2.45) is 0 Å². The van der Waals surface area contributed by atoms with Crippen LogP contribution in [0.1, 0.15) is 46.0 Å². The van der Waals surface area contributed by atoms with E-state index in [2.05, 4.69) is 26.0 Å². The Bertz CT molecular complexity index is 97.2. The molecule has 0 aromatic rings. The Morgan fingerprint density at radius 2 is 1.75 bits per heavy atom. The van der Waals surface area contributed by atoms with Crippen LogP contribution in [0.2, 0.25) is 0 Å². The Kier molecular flexibility index (Phi) is 11.3. The molecule has 1 heteroatoms. The highest BCUT2D eigenvalue weighted by atomic mass is 31.1. The van der Waals surface area contributed by atoms with Crippen LogP contribution in [0.4, 0.5) is 0 Å². The topological polar surface area (TPSA) is 0 Å². The van der Waals surface area contributed by atoms with Gasteiger partial charge in [0.1, 0.15) is 0 Å². The van der Waals surface area contributed by atoms with Gasteiger partial charge in [-0.25, -0.2) is 0 Å². The van der Waals surface area contributed by atoms with Crippen LogP contribution in [0.15, 0.2) is 12.2 Å². The van der Waals surface area contributed by atoms with E-state index in [1.807, 2.05) is 0 Å². The molecule has 0 saturated heterocycles. The third-order valence-corrected chi connectivity index (χ3v) is 3.25. The van der Waals surface area contributed by atoms with Crippen molar-refractivity contribution < 1.29 is 0 Å². The summed E-state index contributed by atoms with van der Waals surface area (Å²) in [6.07, 6.45) is 14.2. The lowest BCUT2D eigenvalue weighted by Crippen LogP contribution is -1.79. The molecular weight excluding hydrogens is 163 g/mol. The largest absolute Gasteiger partial charge is 0.122 e. The lowest BCUT2D eigenvalue weighted by molar-refractivity contribution is 0.888. The summed E-state index contributed by atoms with van der Waals surface area (Å²) >= 11 is 0. The minimum absolute atomic E-state index is 1.19. The summed E-state index contributed by atoms with van der Waals surface area (Å²) in [5.41, 5.74) is 0. The second-order valence-electron chi connectivity index (χ2n) is 3.13. The van der Waals surface area contributed by atoms with Gasteiger partial charge in [-0.3, -0.25) is 0 Å². The molecule has 1 unspecified atom stereocenters. The van der Waals surface area contributed by atoms with Crippen LogP contribution in [0, 0.1) is 0 Å². The Hall–Kier alpha value is 0.170. The van der Waals surface area contributed by atoms with Gasteiger partial charge in [0, 0.05) is 0 Å². The predicted octanol–water partition coefficient (Wildman–Crippen LogP) is 4.21. The highest BCUT2D eigenvalue weighted by molar-refractivity contribution is 7.37. The number of hydrogen-bond donors (Lipinski definition) is 0. The average molecular weight is 186 g/mol. The van der Waals surface area contributed by atoms with Crippen LogP contribution >= 0.6 is 8.58 Å². The Morgan fingerprint density at radius 3 is 2.42 bits per heavy atom. The van der Waals surface area contributed by atoms with Gasteiger partial charge >= 0.3 is 0 Å². The molecule has 0 aliphatic heterocycles. The molecule has 0 radical (unpaired) electrons. The third kappa shape index (κ3) is 10.2. The van der Waals surface area contributed by atoms with Crippen LogP contribution in [-0.4, -0.2) is 12.3 Å². The summed E-state index contributed by atoms with van der Waals surface area (Å²) in [6, 6.07) is 0. The molecule has 0 spiro atoms. The molecule has 0 rings (SSSR count). The molecule has 0 N–H and O–H groups in total. The molecule has 0 aliphatic rings. The van der Waals surface area contributed by atoms with E-state index in [1.54, 1.807) is 0 Å². The van der Waals surface area contributed by atoms with Crippen LogP contribution in [0.5, 0.6) is 0 Å². The molecule has 0 saturated carbocycles.